The van der Waals surface area contributed by atoms with Crippen molar-refractivity contribution in [2.24, 2.45) is 5.84 Å². The standard InChI is InChI=1S/C8H11N7S2/c1-2-4-12-8(17-15-4)16-6-3-5(14-10)11-7(9)13-6/h3H,2,10H2,1H3,(H3,9,11,13,14). The average Bonchev–Trinajstić information content (AvgIpc) is 2.76. The number of aromatic nitrogens is 4. The molecule has 17 heavy (non-hydrogen) atoms. The van der Waals surface area contributed by atoms with E-state index in [9.17, 15) is 0 Å². The van der Waals surface area contributed by atoms with Crippen molar-refractivity contribution < 1.29 is 0 Å². The van der Waals surface area contributed by atoms with E-state index in [1.165, 1.54) is 23.3 Å². The Kier molecular flexibility index (Phi) is 3.71. The van der Waals surface area contributed by atoms with Crippen molar-refractivity contribution in [2.45, 2.75) is 22.7 Å². The molecule has 0 aliphatic carbocycles. The topological polar surface area (TPSA) is 116 Å². The second-order valence-corrected chi connectivity index (χ2v) is 5.05. The zero-order valence-corrected chi connectivity index (χ0v) is 10.7. The monoisotopic (exact) mass is 269 g/mol. The van der Waals surface area contributed by atoms with Crippen molar-refractivity contribution in [2.75, 3.05) is 11.2 Å². The van der Waals surface area contributed by atoms with Gasteiger partial charge in [-0.05, 0) is 23.3 Å². The molecule has 0 spiro atoms. The van der Waals surface area contributed by atoms with Crippen LogP contribution >= 0.6 is 23.3 Å². The predicted molar refractivity (Wildman–Crippen MR) is 67.7 cm³/mol. The predicted octanol–water partition coefficient (Wildman–Crippen LogP) is 0.909. The molecule has 0 unspecified atom stereocenters. The number of nitrogens with two attached hydrogens (primary N) is 2. The first-order valence-corrected chi connectivity index (χ1v) is 6.42. The number of aryl methyl sites for hydroxylation is 1. The molecule has 0 amide bonds. The van der Waals surface area contributed by atoms with Crippen LogP contribution in [0, 0.1) is 0 Å². The highest BCUT2D eigenvalue weighted by Crippen LogP contribution is 2.28. The second kappa shape index (κ2) is 5.25. The van der Waals surface area contributed by atoms with E-state index >= 15 is 0 Å². The van der Waals surface area contributed by atoms with Crippen molar-refractivity contribution in [3.05, 3.63) is 11.9 Å². The van der Waals surface area contributed by atoms with Gasteiger partial charge in [-0.25, -0.2) is 15.8 Å². The number of anilines is 2. The summed E-state index contributed by atoms with van der Waals surface area (Å²) in [7, 11) is 0. The SMILES string of the molecule is CCc1nsc(Sc2cc(NN)nc(N)n2)n1. The van der Waals surface area contributed by atoms with Crippen LogP contribution in [0.3, 0.4) is 0 Å². The molecule has 90 valence electrons. The highest BCUT2D eigenvalue weighted by molar-refractivity contribution is 8.00. The molecule has 0 fully saturated rings. The zero-order chi connectivity index (χ0) is 12.3. The smallest absolute Gasteiger partial charge is 0.223 e. The van der Waals surface area contributed by atoms with Crippen molar-refractivity contribution in [1.29, 1.82) is 0 Å². The molecule has 2 rings (SSSR count). The van der Waals surface area contributed by atoms with E-state index in [1.807, 2.05) is 6.92 Å². The van der Waals surface area contributed by atoms with Crippen molar-refractivity contribution in [3.63, 3.8) is 0 Å². The third kappa shape index (κ3) is 3.02. The van der Waals surface area contributed by atoms with Crippen LogP contribution in [-0.2, 0) is 6.42 Å². The normalized spacial score (nSPS) is 10.5. The first-order chi connectivity index (χ1) is 8.21. The van der Waals surface area contributed by atoms with E-state index in [1.54, 1.807) is 6.07 Å². The quantitative estimate of drug-likeness (QED) is 0.426. The Balaban J connectivity index is 2.20. The lowest BCUT2D eigenvalue weighted by Crippen LogP contribution is -2.10. The number of hydrogen-bond donors (Lipinski definition) is 3. The van der Waals surface area contributed by atoms with Crippen LogP contribution < -0.4 is 17.0 Å². The summed E-state index contributed by atoms with van der Waals surface area (Å²) in [6.07, 6.45) is 0.818. The molecule has 0 aliphatic heterocycles. The molecular formula is C8H11N7S2. The Bertz CT molecular complexity index is 512. The molecule has 0 radical (unpaired) electrons. The van der Waals surface area contributed by atoms with Gasteiger partial charge in [0.1, 0.15) is 16.7 Å². The van der Waals surface area contributed by atoms with Crippen LogP contribution in [0.1, 0.15) is 12.7 Å². The molecule has 0 atom stereocenters. The van der Waals surface area contributed by atoms with Crippen LogP contribution in [0.4, 0.5) is 11.8 Å². The summed E-state index contributed by atoms with van der Waals surface area (Å²) in [6.45, 7) is 2.01. The lowest BCUT2D eigenvalue weighted by atomic mass is 10.5. The van der Waals surface area contributed by atoms with Gasteiger partial charge in [0.2, 0.25) is 5.95 Å². The highest BCUT2D eigenvalue weighted by Gasteiger charge is 2.08. The van der Waals surface area contributed by atoms with Crippen LogP contribution in [0.25, 0.3) is 0 Å². The first kappa shape index (κ1) is 12.0. The molecular weight excluding hydrogens is 258 g/mol. The van der Waals surface area contributed by atoms with Gasteiger partial charge in [0.25, 0.3) is 0 Å². The molecule has 0 saturated heterocycles. The summed E-state index contributed by atoms with van der Waals surface area (Å²) < 4.78 is 5.01. The molecule has 0 bridgehead atoms. The van der Waals surface area contributed by atoms with Gasteiger partial charge in [-0.15, -0.1) is 0 Å². The van der Waals surface area contributed by atoms with E-state index in [0.29, 0.717) is 10.8 Å². The minimum absolute atomic E-state index is 0.170. The van der Waals surface area contributed by atoms with E-state index < -0.39 is 0 Å². The molecule has 9 heteroatoms. The molecule has 0 aliphatic rings. The molecule has 5 N–H and O–H groups in total. The Labute approximate surface area is 106 Å². The zero-order valence-electron chi connectivity index (χ0n) is 9.04. The first-order valence-electron chi connectivity index (χ1n) is 4.83. The van der Waals surface area contributed by atoms with Crippen LogP contribution in [0.5, 0.6) is 0 Å². The third-order valence-corrected chi connectivity index (χ3v) is 3.53. The summed E-state index contributed by atoms with van der Waals surface area (Å²) in [5, 5.41) is 0.684. The van der Waals surface area contributed by atoms with Gasteiger partial charge in [-0.2, -0.15) is 9.36 Å². The fraction of sp³-hybridized carbons (Fsp3) is 0.250. The lowest BCUT2D eigenvalue weighted by Gasteiger charge is -2.02. The molecule has 0 saturated carbocycles. The van der Waals surface area contributed by atoms with Gasteiger partial charge in [-0.3, -0.25) is 0 Å². The number of nitrogens with one attached hydrogen (secondary N) is 1. The summed E-state index contributed by atoms with van der Waals surface area (Å²) in [5.41, 5.74) is 7.99. The average molecular weight is 269 g/mol. The highest BCUT2D eigenvalue weighted by atomic mass is 32.2. The van der Waals surface area contributed by atoms with E-state index in [0.717, 1.165) is 16.6 Å². The minimum Gasteiger partial charge on any atom is -0.368 e. The lowest BCUT2D eigenvalue weighted by molar-refractivity contribution is 0.969. The summed E-state index contributed by atoms with van der Waals surface area (Å²) in [4.78, 5) is 12.3. The van der Waals surface area contributed by atoms with Gasteiger partial charge in [0, 0.05) is 12.5 Å². The van der Waals surface area contributed by atoms with Gasteiger partial charge in [0.15, 0.2) is 4.34 Å². The summed E-state index contributed by atoms with van der Waals surface area (Å²) in [5.74, 6) is 6.75. The van der Waals surface area contributed by atoms with Gasteiger partial charge >= 0.3 is 0 Å². The Morgan fingerprint density at radius 1 is 1.41 bits per heavy atom. The fourth-order valence-electron chi connectivity index (χ4n) is 1.08. The van der Waals surface area contributed by atoms with Crippen LogP contribution in [0.2, 0.25) is 0 Å². The molecule has 2 heterocycles. The third-order valence-electron chi connectivity index (χ3n) is 1.83. The number of nitrogens with zero attached hydrogens (tertiary/aromatic N) is 4. The van der Waals surface area contributed by atoms with E-state index in [-0.39, 0.29) is 5.95 Å². The Morgan fingerprint density at radius 2 is 2.24 bits per heavy atom. The number of hydrogen-bond acceptors (Lipinski definition) is 9. The van der Waals surface area contributed by atoms with Crippen LogP contribution in [0.15, 0.2) is 15.4 Å². The second-order valence-electron chi connectivity index (χ2n) is 3.03. The molecule has 2 aromatic heterocycles. The maximum Gasteiger partial charge on any atom is 0.223 e. The van der Waals surface area contributed by atoms with Gasteiger partial charge < -0.3 is 11.2 Å². The van der Waals surface area contributed by atoms with E-state index in [2.05, 4.69) is 24.8 Å². The van der Waals surface area contributed by atoms with Crippen molar-refractivity contribution in [1.82, 2.24) is 19.3 Å². The Hall–Kier alpha value is -1.45. The van der Waals surface area contributed by atoms with Gasteiger partial charge in [-0.1, -0.05) is 6.92 Å². The molecule has 2 aromatic rings. The van der Waals surface area contributed by atoms with E-state index in [4.69, 9.17) is 11.6 Å². The summed E-state index contributed by atoms with van der Waals surface area (Å²) >= 11 is 2.72. The maximum atomic E-state index is 5.56. The number of nitrogen functional groups attached to an aromatic ring is 2. The Morgan fingerprint density at radius 3 is 2.88 bits per heavy atom. The van der Waals surface area contributed by atoms with Crippen molar-refractivity contribution in [3.8, 4) is 0 Å². The van der Waals surface area contributed by atoms with Crippen molar-refractivity contribution >= 4 is 35.1 Å². The largest absolute Gasteiger partial charge is 0.368 e. The fourth-order valence-corrected chi connectivity index (χ4v) is 2.74. The maximum absolute atomic E-state index is 5.56. The number of rotatable bonds is 4. The van der Waals surface area contributed by atoms with Crippen LogP contribution in [-0.4, -0.2) is 19.3 Å². The summed E-state index contributed by atoms with van der Waals surface area (Å²) in [6, 6.07) is 1.70. The number of hydrazine groups is 1. The van der Waals surface area contributed by atoms with Gasteiger partial charge in [0.05, 0.1) is 0 Å². The molecule has 0 aromatic carbocycles. The molecule has 7 nitrogen and oxygen atoms in total. The minimum atomic E-state index is 0.170.